The molecule has 1 saturated heterocycles. The summed E-state index contributed by atoms with van der Waals surface area (Å²) in [6.07, 6.45) is 1.13. The van der Waals surface area contributed by atoms with Gasteiger partial charge in [0.15, 0.2) is 0 Å². The van der Waals surface area contributed by atoms with Crippen LogP contribution in [0.1, 0.15) is 66.7 Å². The lowest BCUT2D eigenvalue weighted by atomic mass is 9.68. The first-order chi connectivity index (χ1) is 21.0. The number of nitrogens with zero attached hydrogens (tertiary/aromatic N) is 2. The number of piperidine rings is 1. The summed E-state index contributed by atoms with van der Waals surface area (Å²) >= 11 is 12.6. The minimum absolute atomic E-state index is 0.0532. The molecule has 6 unspecified atom stereocenters. The Morgan fingerprint density at radius 3 is 2.50 bits per heavy atom. The molecule has 2 N–H and O–H groups in total. The second kappa shape index (κ2) is 13.3. The Bertz CT molecular complexity index is 1670. The largest absolute Gasteiger partial charge is 0.481 e. The van der Waals surface area contributed by atoms with Gasteiger partial charge in [0.2, 0.25) is 16.8 Å². The number of carboxylic acids is 1. The molecule has 44 heavy (non-hydrogen) atoms. The number of amides is 1. The van der Waals surface area contributed by atoms with Gasteiger partial charge in [-0.1, -0.05) is 72.6 Å². The van der Waals surface area contributed by atoms with Gasteiger partial charge in [-0.2, -0.15) is 9.57 Å². The van der Waals surface area contributed by atoms with E-state index in [1.165, 1.54) is 4.31 Å². The van der Waals surface area contributed by atoms with Crippen molar-refractivity contribution in [2.45, 2.75) is 63.1 Å². The normalized spacial score (nSPS) is 25.3. The van der Waals surface area contributed by atoms with Crippen LogP contribution in [0.3, 0.4) is 0 Å². The molecule has 1 amide bonds. The Hall–Kier alpha value is -3.42. The molecular formula is C33H33Cl2N3O5S. The van der Waals surface area contributed by atoms with Crippen LogP contribution in [-0.2, 0) is 27.0 Å². The molecule has 1 heterocycles. The number of halogens is 2. The molecule has 8 nitrogen and oxygen atoms in total. The number of hydrogen-bond donors (Lipinski definition) is 3. The SMILES string of the molecule is CC1(CC(=O)O)CC(c2cccc(Cl)c2)C(CC(c2ccc(Cl)cc2)C2CC2N(Cc2ccccc2C#N)[SH](=O)=O)NC1=O. The molecule has 230 valence electrons. The van der Waals surface area contributed by atoms with Gasteiger partial charge in [0.1, 0.15) is 0 Å². The van der Waals surface area contributed by atoms with Gasteiger partial charge in [0.05, 0.1) is 23.5 Å². The molecule has 0 aromatic heterocycles. The Labute approximate surface area is 268 Å². The molecule has 3 aromatic rings. The number of carboxylic acid groups (broad SMARTS) is 1. The lowest BCUT2D eigenvalue weighted by Crippen LogP contribution is -2.54. The van der Waals surface area contributed by atoms with Crippen LogP contribution in [0.5, 0.6) is 0 Å². The maximum absolute atomic E-state index is 13.4. The third-order valence-corrected chi connectivity index (χ3v) is 10.4. The third-order valence-electron chi connectivity index (χ3n) is 9.03. The van der Waals surface area contributed by atoms with Crippen molar-refractivity contribution < 1.29 is 23.1 Å². The molecule has 5 rings (SSSR count). The van der Waals surface area contributed by atoms with Crippen LogP contribution < -0.4 is 5.32 Å². The molecule has 0 spiro atoms. The van der Waals surface area contributed by atoms with Gasteiger partial charge in [0.25, 0.3) is 0 Å². The van der Waals surface area contributed by atoms with Crippen molar-refractivity contribution >= 4 is 46.0 Å². The van der Waals surface area contributed by atoms with Crippen LogP contribution in [0.15, 0.2) is 72.8 Å². The van der Waals surface area contributed by atoms with E-state index in [0.29, 0.717) is 40.4 Å². The Morgan fingerprint density at radius 2 is 1.84 bits per heavy atom. The monoisotopic (exact) mass is 653 g/mol. The Balaban J connectivity index is 1.48. The highest BCUT2D eigenvalue weighted by Crippen LogP contribution is 2.51. The van der Waals surface area contributed by atoms with Gasteiger partial charge in [-0.25, -0.2) is 8.42 Å². The molecular weight excluding hydrogens is 621 g/mol. The quantitative estimate of drug-likeness (QED) is 0.221. The molecule has 1 saturated carbocycles. The Kier molecular flexibility index (Phi) is 9.66. The molecule has 0 radical (unpaired) electrons. The zero-order valence-corrected chi connectivity index (χ0v) is 26.4. The molecule has 0 bridgehead atoms. The fourth-order valence-electron chi connectivity index (χ4n) is 6.72. The standard InChI is InChI=1S/C33H33Cl2N3O5S/c1-33(17-31(39)40)16-28(21-7-4-8-25(35)13-21)29(37-32(33)41)14-26(20-9-11-24(34)12-10-20)27-15-30(27)38(44(42)43)19-23-6-3-2-5-22(23)18-36/h2-13,26-30,44H,14-17,19H2,1H3,(H,37,41)(H,39,40). The second-order valence-electron chi connectivity index (χ2n) is 12.0. The van der Waals surface area contributed by atoms with E-state index in [-0.39, 0.29) is 48.7 Å². The average Bonchev–Trinajstić information content (AvgIpc) is 3.76. The van der Waals surface area contributed by atoms with E-state index in [2.05, 4.69) is 11.4 Å². The molecule has 1 aliphatic carbocycles. The van der Waals surface area contributed by atoms with Gasteiger partial charge >= 0.3 is 5.97 Å². The lowest BCUT2D eigenvalue weighted by Gasteiger charge is -2.43. The predicted octanol–water partition coefficient (Wildman–Crippen LogP) is 5.91. The first-order valence-corrected chi connectivity index (χ1v) is 16.3. The summed E-state index contributed by atoms with van der Waals surface area (Å²) in [5.41, 5.74) is 1.83. The van der Waals surface area contributed by atoms with Gasteiger partial charge in [-0.15, -0.1) is 0 Å². The van der Waals surface area contributed by atoms with Crippen LogP contribution in [0.2, 0.25) is 10.0 Å². The maximum atomic E-state index is 13.4. The number of carbonyl (C=O) groups excluding carboxylic acids is 1. The molecule has 6 atom stereocenters. The highest BCUT2D eigenvalue weighted by atomic mass is 35.5. The number of nitrogens with one attached hydrogen (secondary N) is 1. The van der Waals surface area contributed by atoms with Crippen molar-refractivity contribution in [3.05, 3.63) is 105 Å². The fourth-order valence-corrected chi connectivity index (χ4v) is 7.82. The summed E-state index contributed by atoms with van der Waals surface area (Å²) in [7, 11) is -2.94. The first-order valence-electron chi connectivity index (χ1n) is 14.4. The van der Waals surface area contributed by atoms with Crippen molar-refractivity contribution in [3.8, 4) is 6.07 Å². The molecule has 2 aliphatic rings. The van der Waals surface area contributed by atoms with Crippen molar-refractivity contribution in [2.24, 2.45) is 11.3 Å². The highest BCUT2D eigenvalue weighted by Gasteiger charge is 2.51. The summed E-state index contributed by atoms with van der Waals surface area (Å²) < 4.78 is 26.5. The van der Waals surface area contributed by atoms with E-state index in [1.807, 2.05) is 30.3 Å². The van der Waals surface area contributed by atoms with Crippen molar-refractivity contribution in [1.82, 2.24) is 9.62 Å². The van der Waals surface area contributed by atoms with Gasteiger partial charge in [-0.05, 0) is 78.1 Å². The van der Waals surface area contributed by atoms with E-state index < -0.39 is 22.3 Å². The summed E-state index contributed by atoms with van der Waals surface area (Å²) in [4.78, 5) is 25.2. The number of aliphatic carboxylic acids is 1. The smallest absolute Gasteiger partial charge is 0.304 e. The third kappa shape index (κ3) is 7.10. The van der Waals surface area contributed by atoms with Gasteiger partial charge in [0, 0.05) is 34.6 Å². The second-order valence-corrected chi connectivity index (χ2v) is 13.9. The van der Waals surface area contributed by atoms with E-state index >= 15 is 0 Å². The van der Waals surface area contributed by atoms with Crippen LogP contribution in [0.25, 0.3) is 0 Å². The van der Waals surface area contributed by atoms with Gasteiger partial charge < -0.3 is 10.4 Å². The minimum Gasteiger partial charge on any atom is -0.481 e. The van der Waals surface area contributed by atoms with Gasteiger partial charge in [-0.3, -0.25) is 9.59 Å². The van der Waals surface area contributed by atoms with Crippen molar-refractivity contribution in [3.63, 3.8) is 0 Å². The zero-order chi connectivity index (χ0) is 31.6. The van der Waals surface area contributed by atoms with Crippen LogP contribution >= 0.6 is 23.2 Å². The summed E-state index contributed by atoms with van der Waals surface area (Å²) in [5, 5.41) is 23.4. The summed E-state index contributed by atoms with van der Waals surface area (Å²) in [6.45, 7) is 1.77. The van der Waals surface area contributed by atoms with E-state index in [9.17, 15) is 28.4 Å². The lowest BCUT2D eigenvalue weighted by molar-refractivity contribution is -0.147. The summed E-state index contributed by atoms with van der Waals surface area (Å²) in [5.74, 6) is -1.78. The topological polar surface area (TPSA) is 128 Å². The Morgan fingerprint density at radius 1 is 1.11 bits per heavy atom. The number of benzene rings is 3. The maximum Gasteiger partial charge on any atom is 0.304 e. The average molecular weight is 655 g/mol. The zero-order valence-electron chi connectivity index (χ0n) is 24.0. The number of nitriles is 1. The molecule has 11 heteroatoms. The van der Waals surface area contributed by atoms with Crippen molar-refractivity contribution in [2.75, 3.05) is 0 Å². The number of thiol groups is 1. The predicted molar refractivity (Wildman–Crippen MR) is 169 cm³/mol. The van der Waals surface area contributed by atoms with Crippen molar-refractivity contribution in [1.29, 1.82) is 5.26 Å². The van der Waals surface area contributed by atoms with Crippen LogP contribution in [-0.4, -0.2) is 41.8 Å². The van der Waals surface area contributed by atoms with Crippen LogP contribution in [0, 0.1) is 22.7 Å². The fraction of sp³-hybridized carbons (Fsp3) is 0.364. The number of carbonyl (C=O) groups is 2. The molecule has 1 aliphatic heterocycles. The van der Waals surface area contributed by atoms with E-state index in [0.717, 1.165) is 11.1 Å². The minimum atomic E-state index is -2.94. The van der Waals surface area contributed by atoms with E-state index in [4.69, 9.17) is 23.2 Å². The highest BCUT2D eigenvalue weighted by molar-refractivity contribution is 7.69. The van der Waals surface area contributed by atoms with E-state index in [1.54, 1.807) is 49.4 Å². The summed E-state index contributed by atoms with van der Waals surface area (Å²) in [6, 6.07) is 23.3. The first kappa shape index (κ1) is 32.0. The number of hydrogen-bond acceptors (Lipinski definition) is 5. The molecule has 3 aromatic carbocycles. The number of rotatable bonds is 11. The molecule has 2 fully saturated rings. The van der Waals surface area contributed by atoms with Crippen LogP contribution in [0.4, 0.5) is 0 Å².